The van der Waals surface area contributed by atoms with Crippen LogP contribution in [0.2, 0.25) is 0 Å². The van der Waals surface area contributed by atoms with Crippen molar-refractivity contribution in [2.75, 3.05) is 0 Å². The minimum Gasteiger partial charge on any atom is -0.392 e. The van der Waals surface area contributed by atoms with Gasteiger partial charge in [0, 0.05) is 17.4 Å². The summed E-state index contributed by atoms with van der Waals surface area (Å²) < 4.78 is 38.1. The first kappa shape index (κ1) is 15.8. The second-order valence-corrected chi connectivity index (χ2v) is 6.79. The lowest BCUT2D eigenvalue weighted by atomic mass is 9.58. The highest BCUT2D eigenvalue weighted by Gasteiger charge is 2.49. The van der Waals surface area contributed by atoms with Crippen molar-refractivity contribution in [3.63, 3.8) is 0 Å². The standard InChI is InChI=1S/C17H22F3NO/c18-17(19,20)12-7-5-11(6-8-12)16(9-2-10-16)15(22)13-3-1-4-14(13)21/h5-8,13-15,22H,1-4,9-10,21H2. The van der Waals surface area contributed by atoms with Crippen LogP contribution in [0.25, 0.3) is 0 Å². The average molecular weight is 313 g/mol. The molecule has 3 N–H and O–H groups in total. The molecule has 22 heavy (non-hydrogen) atoms. The van der Waals surface area contributed by atoms with Crippen molar-refractivity contribution >= 4 is 0 Å². The Labute approximate surface area is 128 Å². The third-order valence-electron chi connectivity index (χ3n) is 5.63. The summed E-state index contributed by atoms with van der Waals surface area (Å²) in [6.07, 6.45) is 0.612. The number of hydrogen-bond donors (Lipinski definition) is 2. The molecule has 2 aliphatic rings. The van der Waals surface area contributed by atoms with Crippen molar-refractivity contribution < 1.29 is 18.3 Å². The number of aliphatic hydroxyl groups is 1. The van der Waals surface area contributed by atoms with Gasteiger partial charge in [-0.15, -0.1) is 0 Å². The Morgan fingerprint density at radius 1 is 1.09 bits per heavy atom. The van der Waals surface area contributed by atoms with E-state index in [9.17, 15) is 18.3 Å². The first-order valence-corrected chi connectivity index (χ1v) is 7.96. The molecule has 0 spiro atoms. The lowest BCUT2D eigenvalue weighted by Gasteiger charge is -2.49. The fourth-order valence-corrected chi connectivity index (χ4v) is 4.12. The molecule has 2 saturated carbocycles. The van der Waals surface area contributed by atoms with E-state index >= 15 is 0 Å². The molecular weight excluding hydrogens is 291 g/mol. The van der Waals surface area contributed by atoms with E-state index in [1.807, 2.05) is 0 Å². The number of nitrogens with two attached hydrogens (primary N) is 1. The van der Waals surface area contributed by atoms with Gasteiger partial charge in [-0.2, -0.15) is 13.2 Å². The first-order chi connectivity index (χ1) is 10.3. The van der Waals surface area contributed by atoms with E-state index < -0.39 is 23.3 Å². The molecule has 5 heteroatoms. The van der Waals surface area contributed by atoms with Crippen LogP contribution in [-0.4, -0.2) is 17.3 Å². The van der Waals surface area contributed by atoms with Gasteiger partial charge in [-0.1, -0.05) is 25.0 Å². The molecule has 0 heterocycles. The Balaban J connectivity index is 1.86. The highest BCUT2D eigenvalue weighted by atomic mass is 19.4. The van der Waals surface area contributed by atoms with Crippen LogP contribution in [0.3, 0.4) is 0 Å². The number of alkyl halides is 3. The molecule has 2 aliphatic carbocycles. The Hall–Kier alpha value is -1.07. The van der Waals surface area contributed by atoms with Gasteiger partial charge in [-0.25, -0.2) is 0 Å². The number of halogens is 3. The van der Waals surface area contributed by atoms with Crippen molar-refractivity contribution in [3.05, 3.63) is 35.4 Å². The van der Waals surface area contributed by atoms with Gasteiger partial charge in [-0.3, -0.25) is 0 Å². The van der Waals surface area contributed by atoms with Gasteiger partial charge in [0.1, 0.15) is 0 Å². The molecule has 0 bridgehead atoms. The van der Waals surface area contributed by atoms with Gasteiger partial charge in [-0.05, 0) is 43.4 Å². The summed E-state index contributed by atoms with van der Waals surface area (Å²) in [5, 5.41) is 10.9. The maximum Gasteiger partial charge on any atom is 0.416 e. The summed E-state index contributed by atoms with van der Waals surface area (Å²) in [6, 6.07) is 5.31. The van der Waals surface area contributed by atoms with Gasteiger partial charge in [0.15, 0.2) is 0 Å². The van der Waals surface area contributed by atoms with Crippen molar-refractivity contribution in [1.82, 2.24) is 0 Å². The zero-order valence-corrected chi connectivity index (χ0v) is 12.4. The summed E-state index contributed by atoms with van der Waals surface area (Å²) >= 11 is 0. The molecule has 3 unspecified atom stereocenters. The van der Waals surface area contributed by atoms with Crippen LogP contribution < -0.4 is 5.73 Å². The Kier molecular flexibility index (Phi) is 3.98. The molecule has 0 aromatic heterocycles. The molecule has 3 atom stereocenters. The lowest BCUT2D eigenvalue weighted by Crippen LogP contribution is -2.52. The van der Waals surface area contributed by atoms with Gasteiger partial charge in [0.05, 0.1) is 11.7 Å². The normalized spacial score (nSPS) is 29.1. The van der Waals surface area contributed by atoms with Crippen LogP contribution in [0.4, 0.5) is 13.2 Å². The van der Waals surface area contributed by atoms with E-state index in [4.69, 9.17) is 5.73 Å². The first-order valence-electron chi connectivity index (χ1n) is 7.96. The van der Waals surface area contributed by atoms with Gasteiger partial charge < -0.3 is 10.8 Å². The van der Waals surface area contributed by atoms with E-state index in [-0.39, 0.29) is 12.0 Å². The molecule has 0 aliphatic heterocycles. The molecular formula is C17H22F3NO. The fraction of sp³-hybridized carbons (Fsp3) is 0.647. The van der Waals surface area contributed by atoms with Crippen LogP contribution in [0, 0.1) is 5.92 Å². The maximum absolute atomic E-state index is 12.7. The third-order valence-corrected chi connectivity index (χ3v) is 5.63. The van der Waals surface area contributed by atoms with Gasteiger partial charge in [0.25, 0.3) is 0 Å². The molecule has 3 rings (SSSR count). The Morgan fingerprint density at radius 3 is 2.14 bits per heavy atom. The Morgan fingerprint density at radius 2 is 1.73 bits per heavy atom. The molecule has 0 radical (unpaired) electrons. The van der Waals surface area contributed by atoms with Gasteiger partial charge in [0.2, 0.25) is 0 Å². The molecule has 2 fully saturated rings. The van der Waals surface area contributed by atoms with Crippen LogP contribution in [0.5, 0.6) is 0 Å². The number of hydrogen-bond acceptors (Lipinski definition) is 2. The molecule has 0 amide bonds. The monoisotopic (exact) mass is 313 g/mol. The van der Waals surface area contributed by atoms with Gasteiger partial charge >= 0.3 is 6.18 Å². The van der Waals surface area contributed by atoms with Crippen molar-refractivity contribution in [1.29, 1.82) is 0 Å². The minimum atomic E-state index is -4.32. The zero-order chi connectivity index (χ0) is 16.0. The summed E-state index contributed by atoms with van der Waals surface area (Å²) in [4.78, 5) is 0. The van der Waals surface area contributed by atoms with E-state index in [1.165, 1.54) is 12.1 Å². The summed E-state index contributed by atoms with van der Waals surface area (Å²) in [5.74, 6) is 0.0580. The molecule has 1 aromatic rings. The Bertz CT molecular complexity index is 522. The zero-order valence-electron chi connectivity index (χ0n) is 12.4. The third kappa shape index (κ3) is 2.54. The largest absolute Gasteiger partial charge is 0.416 e. The molecule has 1 aromatic carbocycles. The van der Waals surface area contributed by atoms with E-state index in [2.05, 4.69) is 0 Å². The second kappa shape index (κ2) is 5.53. The number of aliphatic hydroxyl groups excluding tert-OH is 1. The second-order valence-electron chi connectivity index (χ2n) is 6.79. The summed E-state index contributed by atoms with van der Waals surface area (Å²) in [6.45, 7) is 0. The predicted octanol–water partition coefficient (Wildman–Crippen LogP) is 3.62. The highest BCUT2D eigenvalue weighted by Crippen LogP contribution is 2.50. The van der Waals surface area contributed by atoms with Crippen molar-refractivity contribution in [2.24, 2.45) is 11.7 Å². The van der Waals surface area contributed by atoms with Crippen LogP contribution in [0.1, 0.15) is 49.7 Å². The fourth-order valence-electron chi connectivity index (χ4n) is 4.12. The topological polar surface area (TPSA) is 46.2 Å². The van der Waals surface area contributed by atoms with Crippen LogP contribution >= 0.6 is 0 Å². The maximum atomic E-state index is 12.7. The van der Waals surface area contributed by atoms with Crippen LogP contribution in [-0.2, 0) is 11.6 Å². The quantitative estimate of drug-likeness (QED) is 0.895. The smallest absolute Gasteiger partial charge is 0.392 e. The molecule has 0 saturated heterocycles. The average Bonchev–Trinajstić information content (AvgIpc) is 2.83. The highest BCUT2D eigenvalue weighted by molar-refractivity contribution is 5.34. The summed E-state index contributed by atoms with van der Waals surface area (Å²) in [5.41, 5.74) is 5.88. The SMILES string of the molecule is NC1CCCC1C(O)C1(c2ccc(C(F)(F)F)cc2)CCC1. The number of benzene rings is 1. The minimum absolute atomic E-state index is 0.00178. The van der Waals surface area contributed by atoms with Crippen LogP contribution in [0.15, 0.2) is 24.3 Å². The predicted molar refractivity (Wildman–Crippen MR) is 78.3 cm³/mol. The summed E-state index contributed by atoms with van der Waals surface area (Å²) in [7, 11) is 0. The molecule has 2 nitrogen and oxygen atoms in total. The van der Waals surface area contributed by atoms with E-state index in [0.29, 0.717) is 0 Å². The van der Waals surface area contributed by atoms with E-state index in [0.717, 1.165) is 56.2 Å². The molecule has 122 valence electrons. The van der Waals surface area contributed by atoms with E-state index in [1.54, 1.807) is 0 Å². The van der Waals surface area contributed by atoms with Crippen molar-refractivity contribution in [3.8, 4) is 0 Å². The number of rotatable bonds is 3. The lowest BCUT2D eigenvalue weighted by molar-refractivity contribution is -0.137. The van der Waals surface area contributed by atoms with Crippen molar-refractivity contribution in [2.45, 2.75) is 62.3 Å².